The molecular formula is C70H74N2O15. The number of nitrogens with zero attached hydrogens (tertiary/aromatic N) is 1. The summed E-state index contributed by atoms with van der Waals surface area (Å²) in [7, 11) is 4.03. The SMILES string of the molecule is CCOC(=O)[C@@]1(Cc2ccc(OCc3c4c(nc5ccccc35)CCCC4)cc2)C[C@@H]1C(=O)OC.CCOC(=O)[C@@]1(c2ccc(OCc3ccccc3)cc2)C[C@@H]1C(=O)NO.COC(=O)[C@@H]1C[C@@]1(Cc1cccc(OCc2ccccc2)c1)C(=O)OC. The highest BCUT2D eigenvalue weighted by Crippen LogP contribution is 2.58. The standard InChI is InChI=1S/C29H31NO5.C21H22O5.C20H21NO5/c1-3-34-28(32)29(17-24(29)27(31)33-2)16-19-12-14-20(15-13-19)35-18-23-21-8-4-6-10-25(21)30-26-11-7-5-9-22(23)26;1-24-19(22)18-13-21(18,20(23)25-2)12-16-9-6-10-17(11-16)26-14-15-7-4-3-5-8-15;1-2-25-19(23)20(12-17(20)18(22)21-24)15-8-10-16(11-9-15)26-13-14-6-4-3-5-7-14/h4,6,8,10,12-15,24H,3,5,7,9,11,16-18H2,1-2H3;3-11,18H,12-14H2,1-2H3;3-11,17,24H,2,12-13H2,1H3,(H,21,22)/t24-,29+;18-,21+;17-,20-/m101/s1. The third kappa shape index (κ3) is 14.4. The lowest BCUT2D eigenvalue weighted by Crippen LogP contribution is -2.32. The summed E-state index contributed by atoms with van der Waals surface area (Å²) in [5.74, 6) is -1.84. The minimum atomic E-state index is -1.04. The molecule has 0 radical (unpaired) electrons. The van der Waals surface area contributed by atoms with Gasteiger partial charge < -0.3 is 37.9 Å². The van der Waals surface area contributed by atoms with Crippen molar-refractivity contribution in [1.29, 1.82) is 0 Å². The first-order valence-corrected chi connectivity index (χ1v) is 29.4. The van der Waals surface area contributed by atoms with E-state index in [1.807, 2.05) is 115 Å². The molecule has 3 saturated carbocycles. The molecule has 87 heavy (non-hydrogen) atoms. The van der Waals surface area contributed by atoms with Gasteiger partial charge in [-0.15, -0.1) is 0 Å². The number of esters is 5. The summed E-state index contributed by atoms with van der Waals surface area (Å²) in [4.78, 5) is 78.0. The molecule has 454 valence electrons. The van der Waals surface area contributed by atoms with Crippen molar-refractivity contribution in [3.8, 4) is 17.2 Å². The third-order valence-corrected chi connectivity index (χ3v) is 16.8. The van der Waals surface area contributed by atoms with Gasteiger partial charge in [0, 0.05) is 16.6 Å². The van der Waals surface area contributed by atoms with Gasteiger partial charge in [-0.1, -0.05) is 115 Å². The highest BCUT2D eigenvalue weighted by atomic mass is 16.6. The topological polar surface area (TPSA) is 221 Å². The summed E-state index contributed by atoms with van der Waals surface area (Å²) >= 11 is 0. The van der Waals surface area contributed by atoms with Crippen LogP contribution in [0.2, 0.25) is 0 Å². The number of aromatic nitrogens is 1. The number of hydrogen-bond donors (Lipinski definition) is 2. The number of carbonyl (C=O) groups excluding carboxylic acids is 6. The number of hydrogen-bond acceptors (Lipinski definition) is 16. The second kappa shape index (κ2) is 28.4. The van der Waals surface area contributed by atoms with Crippen LogP contribution >= 0.6 is 0 Å². The van der Waals surface area contributed by atoms with Gasteiger partial charge in [0.1, 0.15) is 42.5 Å². The van der Waals surface area contributed by atoms with Crippen LogP contribution in [0, 0.1) is 28.6 Å². The number of carbonyl (C=O) groups is 6. The minimum absolute atomic E-state index is 0.228. The number of methoxy groups -OCH3 is 3. The summed E-state index contributed by atoms with van der Waals surface area (Å²) in [5, 5.41) is 10.0. The molecule has 2 N–H and O–H groups in total. The van der Waals surface area contributed by atoms with Crippen molar-refractivity contribution in [2.24, 2.45) is 28.6 Å². The Balaban J connectivity index is 0.000000158. The number of amides is 1. The molecule has 0 spiro atoms. The Morgan fingerprint density at radius 1 is 0.517 bits per heavy atom. The van der Waals surface area contributed by atoms with Gasteiger partial charge in [0.15, 0.2) is 0 Å². The van der Waals surface area contributed by atoms with Crippen LogP contribution in [-0.4, -0.2) is 80.5 Å². The zero-order valence-electron chi connectivity index (χ0n) is 49.8. The predicted molar refractivity (Wildman–Crippen MR) is 321 cm³/mol. The van der Waals surface area contributed by atoms with Crippen molar-refractivity contribution in [1.82, 2.24) is 10.5 Å². The van der Waals surface area contributed by atoms with Gasteiger partial charge in [-0.2, -0.15) is 0 Å². The number of benzene rings is 6. The molecule has 1 aromatic heterocycles. The largest absolute Gasteiger partial charge is 0.489 e. The van der Waals surface area contributed by atoms with Crippen LogP contribution in [0.1, 0.15) is 90.6 Å². The molecule has 6 aromatic carbocycles. The second-order valence-electron chi connectivity index (χ2n) is 22.3. The van der Waals surface area contributed by atoms with Crippen molar-refractivity contribution in [3.63, 3.8) is 0 Å². The first kappa shape index (κ1) is 62.4. The number of ether oxygens (including phenoxy) is 8. The molecule has 1 heterocycles. The van der Waals surface area contributed by atoms with E-state index in [0.717, 1.165) is 57.5 Å². The zero-order valence-corrected chi connectivity index (χ0v) is 49.8. The van der Waals surface area contributed by atoms with Crippen LogP contribution in [0.25, 0.3) is 10.9 Å². The molecule has 4 aliphatic carbocycles. The summed E-state index contributed by atoms with van der Waals surface area (Å²) < 4.78 is 42.9. The van der Waals surface area contributed by atoms with Crippen LogP contribution in [-0.2, 0) is 103 Å². The van der Waals surface area contributed by atoms with E-state index in [4.69, 9.17) is 48.1 Å². The molecule has 0 bridgehead atoms. The molecule has 17 nitrogen and oxygen atoms in total. The van der Waals surface area contributed by atoms with E-state index in [9.17, 15) is 28.8 Å². The maximum absolute atomic E-state index is 12.7. The zero-order chi connectivity index (χ0) is 61.6. The van der Waals surface area contributed by atoms with Gasteiger partial charge in [0.05, 0.1) is 68.6 Å². The average molecular weight is 1180 g/mol. The third-order valence-electron chi connectivity index (χ3n) is 16.8. The fourth-order valence-electron chi connectivity index (χ4n) is 11.9. The number of rotatable bonds is 22. The molecule has 1 amide bonds. The summed E-state index contributed by atoms with van der Waals surface area (Å²) in [5.41, 5.74) is 8.42. The highest BCUT2D eigenvalue weighted by Gasteiger charge is 2.67. The van der Waals surface area contributed by atoms with Crippen LogP contribution in [0.3, 0.4) is 0 Å². The van der Waals surface area contributed by atoms with E-state index < -0.39 is 45.9 Å². The van der Waals surface area contributed by atoms with Crippen molar-refractivity contribution >= 4 is 46.7 Å². The van der Waals surface area contributed by atoms with Crippen LogP contribution < -0.4 is 19.7 Å². The van der Waals surface area contributed by atoms with Crippen molar-refractivity contribution in [2.75, 3.05) is 34.5 Å². The lowest BCUT2D eigenvalue weighted by molar-refractivity contribution is -0.154. The Morgan fingerprint density at radius 2 is 1.05 bits per heavy atom. The van der Waals surface area contributed by atoms with Gasteiger partial charge in [-0.3, -0.25) is 39.0 Å². The van der Waals surface area contributed by atoms with Gasteiger partial charge in [-0.05, 0) is 147 Å². The molecule has 0 aliphatic heterocycles. The number of fused-ring (bicyclic) bond motifs is 2. The molecule has 7 aromatic rings. The Hall–Kier alpha value is -9.09. The maximum atomic E-state index is 12.7. The molecule has 6 atom stereocenters. The Labute approximate surface area is 506 Å². The summed E-state index contributed by atoms with van der Waals surface area (Å²) in [6.45, 7) is 5.41. The van der Waals surface area contributed by atoms with E-state index in [2.05, 4.69) is 18.2 Å². The second-order valence-corrected chi connectivity index (χ2v) is 22.3. The molecule has 3 fully saturated rings. The van der Waals surface area contributed by atoms with Gasteiger partial charge >= 0.3 is 29.8 Å². The van der Waals surface area contributed by atoms with Crippen molar-refractivity contribution in [2.45, 2.75) is 96.9 Å². The van der Waals surface area contributed by atoms with E-state index in [1.165, 1.54) is 51.0 Å². The average Bonchev–Trinajstić information content (AvgIpc) is 1.63. The van der Waals surface area contributed by atoms with Crippen molar-refractivity contribution in [3.05, 3.63) is 202 Å². The Kier molecular flexibility index (Phi) is 20.4. The van der Waals surface area contributed by atoms with Crippen LogP contribution in [0.15, 0.2) is 158 Å². The molecule has 0 unspecified atom stereocenters. The first-order valence-electron chi connectivity index (χ1n) is 29.4. The number of pyridine rings is 1. The van der Waals surface area contributed by atoms with Crippen LogP contribution in [0.4, 0.5) is 0 Å². The van der Waals surface area contributed by atoms with E-state index >= 15 is 0 Å². The monoisotopic (exact) mass is 1180 g/mol. The molecule has 17 heteroatoms. The minimum Gasteiger partial charge on any atom is -0.489 e. The fourth-order valence-corrected chi connectivity index (χ4v) is 11.9. The summed E-state index contributed by atoms with van der Waals surface area (Å²) in [6, 6.07) is 50.4. The first-order chi connectivity index (χ1) is 42.3. The van der Waals surface area contributed by atoms with Crippen molar-refractivity contribution < 1.29 is 71.9 Å². The predicted octanol–water partition coefficient (Wildman–Crippen LogP) is 10.7. The van der Waals surface area contributed by atoms with E-state index in [1.54, 1.807) is 43.6 Å². The Bertz CT molecular complexity index is 3540. The van der Waals surface area contributed by atoms with Crippen LogP contribution in [0.5, 0.6) is 17.2 Å². The molecule has 4 aliphatic rings. The number of aryl methyl sites for hydroxylation is 1. The quantitative estimate of drug-likeness (QED) is 0.0279. The smallest absolute Gasteiger partial charge is 0.317 e. The summed E-state index contributed by atoms with van der Waals surface area (Å²) in [6.07, 6.45) is 6.50. The van der Waals surface area contributed by atoms with Gasteiger partial charge in [0.25, 0.3) is 0 Å². The lowest BCUT2D eigenvalue weighted by atomic mass is 9.90. The number of para-hydroxylation sites is 1. The maximum Gasteiger partial charge on any atom is 0.317 e. The molecule has 0 saturated heterocycles. The Morgan fingerprint density at radius 3 is 1.64 bits per heavy atom. The van der Waals surface area contributed by atoms with E-state index in [0.29, 0.717) is 63.2 Å². The van der Waals surface area contributed by atoms with E-state index in [-0.39, 0.29) is 37.1 Å². The number of nitrogens with one attached hydrogen (secondary N) is 1. The van der Waals surface area contributed by atoms with Gasteiger partial charge in [-0.25, -0.2) is 5.48 Å². The molecular weight excluding hydrogens is 1110 g/mol. The fraction of sp³-hybridized carbons (Fsp3) is 0.357. The normalized spacial score (nSPS) is 20.8. The van der Waals surface area contributed by atoms with Gasteiger partial charge in [0.2, 0.25) is 5.91 Å². The number of hydroxylamine groups is 1. The highest BCUT2D eigenvalue weighted by molar-refractivity contribution is 5.98. The molecule has 11 rings (SSSR count). The lowest BCUT2D eigenvalue weighted by Gasteiger charge is -2.21.